The molecule has 0 bridgehead atoms. The molecule has 6 heteroatoms. The number of amides is 1. The zero-order chi connectivity index (χ0) is 14.9. The summed E-state index contributed by atoms with van der Waals surface area (Å²) in [5, 5.41) is 9.01. The Morgan fingerprint density at radius 2 is 2.10 bits per heavy atom. The van der Waals surface area contributed by atoms with Crippen LogP contribution in [0.15, 0.2) is 18.2 Å². The molecule has 0 aromatic heterocycles. The number of carboxylic acid groups (broad SMARTS) is 1. The number of carbonyl (C=O) groups is 2. The zero-order valence-electron chi connectivity index (χ0n) is 11.0. The van der Waals surface area contributed by atoms with E-state index in [1.54, 1.807) is 0 Å². The third-order valence-corrected chi connectivity index (χ3v) is 3.97. The van der Waals surface area contributed by atoms with E-state index in [4.69, 9.17) is 16.7 Å². The van der Waals surface area contributed by atoms with E-state index in [9.17, 15) is 14.0 Å². The van der Waals surface area contributed by atoms with Gasteiger partial charge in [-0.25, -0.2) is 4.39 Å². The maximum atomic E-state index is 13.4. The summed E-state index contributed by atoms with van der Waals surface area (Å²) in [5.74, 6) is -2.49. The lowest BCUT2D eigenvalue weighted by Gasteiger charge is -2.36. The van der Waals surface area contributed by atoms with Gasteiger partial charge in [0.25, 0.3) is 5.91 Å². The highest BCUT2D eigenvalue weighted by atomic mass is 35.5. The predicted molar refractivity (Wildman–Crippen MR) is 72.3 cm³/mol. The van der Waals surface area contributed by atoms with Crippen LogP contribution in [0.25, 0.3) is 0 Å². The summed E-state index contributed by atoms with van der Waals surface area (Å²) in [6.45, 7) is 2.02. The molecule has 4 nitrogen and oxygen atoms in total. The number of hydrogen-bond acceptors (Lipinski definition) is 2. The second kappa shape index (κ2) is 5.79. The van der Waals surface area contributed by atoms with Gasteiger partial charge in [-0.2, -0.15) is 0 Å². The molecule has 2 unspecified atom stereocenters. The number of rotatable bonds is 2. The molecule has 1 amide bonds. The number of aliphatic carboxylic acids is 1. The summed E-state index contributed by atoms with van der Waals surface area (Å²) in [6.07, 6.45) is 1.17. The molecule has 1 aliphatic rings. The number of benzene rings is 1. The van der Waals surface area contributed by atoms with Crippen molar-refractivity contribution in [3.8, 4) is 0 Å². The highest BCUT2D eigenvalue weighted by Gasteiger charge is 2.33. The van der Waals surface area contributed by atoms with Gasteiger partial charge in [0.15, 0.2) is 0 Å². The van der Waals surface area contributed by atoms with Gasteiger partial charge in [0.05, 0.1) is 10.9 Å². The number of likely N-dealkylation sites (tertiary alicyclic amines) is 1. The lowest BCUT2D eigenvalue weighted by atomic mass is 9.93. The van der Waals surface area contributed by atoms with E-state index in [-0.39, 0.29) is 29.1 Å². The maximum Gasteiger partial charge on any atom is 0.308 e. The molecule has 1 heterocycles. The maximum absolute atomic E-state index is 13.4. The largest absolute Gasteiger partial charge is 0.481 e. The van der Waals surface area contributed by atoms with E-state index in [1.807, 2.05) is 6.92 Å². The molecule has 2 rings (SSSR count). The number of nitrogens with zero attached hydrogens (tertiary/aromatic N) is 1. The van der Waals surface area contributed by atoms with E-state index < -0.39 is 17.7 Å². The zero-order valence-corrected chi connectivity index (χ0v) is 11.7. The number of halogens is 2. The first-order valence-electron chi connectivity index (χ1n) is 6.39. The van der Waals surface area contributed by atoms with Crippen LogP contribution in [0.1, 0.15) is 30.1 Å². The molecule has 1 saturated heterocycles. The van der Waals surface area contributed by atoms with E-state index in [0.717, 1.165) is 6.07 Å². The lowest BCUT2D eigenvalue weighted by Crippen LogP contribution is -2.47. The van der Waals surface area contributed by atoms with Crippen molar-refractivity contribution in [1.82, 2.24) is 4.90 Å². The minimum atomic E-state index is -0.906. The van der Waals surface area contributed by atoms with Gasteiger partial charge in [-0.05, 0) is 38.0 Å². The Morgan fingerprint density at radius 1 is 1.40 bits per heavy atom. The SMILES string of the molecule is CC1CCC(C(=O)O)CN1C(=O)c1ccc(Cl)c(F)c1. The summed E-state index contributed by atoms with van der Waals surface area (Å²) in [7, 11) is 0. The van der Waals surface area contributed by atoms with Crippen molar-refractivity contribution < 1.29 is 19.1 Å². The van der Waals surface area contributed by atoms with Crippen molar-refractivity contribution in [2.75, 3.05) is 6.54 Å². The highest BCUT2D eigenvalue weighted by Crippen LogP contribution is 2.25. The average molecular weight is 300 g/mol. The van der Waals surface area contributed by atoms with Gasteiger partial charge in [0.2, 0.25) is 0 Å². The quantitative estimate of drug-likeness (QED) is 0.913. The van der Waals surface area contributed by atoms with Gasteiger partial charge in [0.1, 0.15) is 5.82 Å². The molecule has 20 heavy (non-hydrogen) atoms. The molecule has 1 aromatic carbocycles. The van der Waals surface area contributed by atoms with Crippen LogP contribution in [0.2, 0.25) is 5.02 Å². The smallest absolute Gasteiger partial charge is 0.308 e. The third-order valence-electron chi connectivity index (χ3n) is 3.66. The lowest BCUT2D eigenvalue weighted by molar-refractivity contribution is -0.143. The highest BCUT2D eigenvalue weighted by molar-refractivity contribution is 6.30. The molecule has 0 radical (unpaired) electrons. The molecule has 108 valence electrons. The average Bonchev–Trinajstić information content (AvgIpc) is 2.41. The van der Waals surface area contributed by atoms with E-state index in [1.165, 1.54) is 17.0 Å². The van der Waals surface area contributed by atoms with Crippen LogP contribution in [-0.2, 0) is 4.79 Å². The molecule has 2 atom stereocenters. The standard InChI is InChI=1S/C14H15ClFNO3/c1-8-2-3-10(14(19)20)7-17(8)13(18)9-4-5-11(15)12(16)6-9/h4-6,8,10H,2-3,7H2,1H3,(H,19,20). The van der Waals surface area contributed by atoms with E-state index in [0.29, 0.717) is 12.8 Å². The Balaban J connectivity index is 2.21. The first-order valence-corrected chi connectivity index (χ1v) is 6.76. The van der Waals surface area contributed by atoms with Crippen LogP contribution in [0.4, 0.5) is 4.39 Å². The van der Waals surface area contributed by atoms with Crippen molar-refractivity contribution in [2.24, 2.45) is 5.92 Å². The minimum Gasteiger partial charge on any atom is -0.481 e. The fourth-order valence-corrected chi connectivity index (χ4v) is 2.50. The van der Waals surface area contributed by atoms with Crippen molar-refractivity contribution >= 4 is 23.5 Å². The fourth-order valence-electron chi connectivity index (χ4n) is 2.39. The first-order chi connectivity index (χ1) is 9.40. The topological polar surface area (TPSA) is 57.6 Å². The van der Waals surface area contributed by atoms with Crippen LogP contribution in [0.3, 0.4) is 0 Å². The fraction of sp³-hybridized carbons (Fsp3) is 0.429. The monoisotopic (exact) mass is 299 g/mol. The van der Waals surface area contributed by atoms with Gasteiger partial charge >= 0.3 is 5.97 Å². The van der Waals surface area contributed by atoms with Crippen molar-refractivity contribution in [2.45, 2.75) is 25.8 Å². The molecule has 1 aromatic rings. The number of piperidine rings is 1. The summed E-state index contributed by atoms with van der Waals surface area (Å²) < 4.78 is 13.4. The van der Waals surface area contributed by atoms with Crippen molar-refractivity contribution in [3.63, 3.8) is 0 Å². The Labute approximate surface area is 121 Å². The van der Waals surface area contributed by atoms with E-state index in [2.05, 4.69) is 0 Å². The van der Waals surface area contributed by atoms with Crippen LogP contribution >= 0.6 is 11.6 Å². The van der Waals surface area contributed by atoms with Crippen LogP contribution in [0.5, 0.6) is 0 Å². The normalized spacial score (nSPS) is 22.6. The molecular weight excluding hydrogens is 285 g/mol. The number of carboxylic acids is 1. The third kappa shape index (κ3) is 2.93. The summed E-state index contributed by atoms with van der Waals surface area (Å²) >= 11 is 5.59. The van der Waals surface area contributed by atoms with Gasteiger partial charge < -0.3 is 10.0 Å². The molecule has 1 aliphatic heterocycles. The van der Waals surface area contributed by atoms with Crippen LogP contribution < -0.4 is 0 Å². The van der Waals surface area contributed by atoms with Gasteiger partial charge in [-0.3, -0.25) is 9.59 Å². The van der Waals surface area contributed by atoms with Crippen molar-refractivity contribution in [1.29, 1.82) is 0 Å². The number of hydrogen-bond donors (Lipinski definition) is 1. The van der Waals surface area contributed by atoms with Crippen LogP contribution in [0, 0.1) is 11.7 Å². The minimum absolute atomic E-state index is 0.0448. The Bertz CT molecular complexity index is 549. The second-order valence-electron chi connectivity index (χ2n) is 5.05. The molecule has 1 N–H and O–H groups in total. The summed E-state index contributed by atoms with van der Waals surface area (Å²) in [4.78, 5) is 24.9. The van der Waals surface area contributed by atoms with E-state index >= 15 is 0 Å². The first kappa shape index (κ1) is 14.8. The molecular formula is C14H15ClFNO3. The van der Waals surface area contributed by atoms with Gasteiger partial charge in [-0.1, -0.05) is 11.6 Å². The summed E-state index contributed by atoms with van der Waals surface area (Å²) in [5.41, 5.74) is 0.185. The van der Waals surface area contributed by atoms with Crippen molar-refractivity contribution in [3.05, 3.63) is 34.6 Å². The molecule has 1 fully saturated rings. The molecule has 0 saturated carbocycles. The molecule has 0 aliphatic carbocycles. The Kier molecular flexibility index (Phi) is 4.28. The Hall–Kier alpha value is -1.62. The van der Waals surface area contributed by atoms with Gasteiger partial charge in [-0.15, -0.1) is 0 Å². The molecule has 0 spiro atoms. The Morgan fingerprint density at radius 3 is 2.70 bits per heavy atom. The predicted octanol–water partition coefficient (Wildman–Crippen LogP) is 2.80. The second-order valence-corrected chi connectivity index (χ2v) is 5.46. The summed E-state index contributed by atoms with van der Waals surface area (Å²) in [6, 6.07) is 3.80. The van der Waals surface area contributed by atoms with Gasteiger partial charge in [0, 0.05) is 18.2 Å². The van der Waals surface area contributed by atoms with Crippen LogP contribution in [-0.4, -0.2) is 34.5 Å². The number of carbonyl (C=O) groups excluding carboxylic acids is 1.